The summed E-state index contributed by atoms with van der Waals surface area (Å²) in [4.78, 5) is 10.7. The van der Waals surface area contributed by atoms with Crippen LogP contribution >= 0.6 is 0 Å². The SMILES string of the molecule is CCc1cc2c(cc1CC=O)NCCC2(C)C. The third-order valence-electron chi connectivity index (χ3n) is 3.82. The van der Waals surface area contributed by atoms with Gasteiger partial charge in [-0.1, -0.05) is 26.8 Å². The summed E-state index contributed by atoms with van der Waals surface area (Å²) in [5, 5.41) is 3.45. The van der Waals surface area contributed by atoms with E-state index < -0.39 is 0 Å². The molecule has 0 spiro atoms. The Kier molecular flexibility index (Phi) is 3.23. The first-order valence-electron chi connectivity index (χ1n) is 6.42. The smallest absolute Gasteiger partial charge is 0.124 e. The number of carbonyl (C=O) groups excluding carboxylic acids is 1. The largest absolute Gasteiger partial charge is 0.385 e. The molecule has 1 aliphatic heterocycles. The van der Waals surface area contributed by atoms with Gasteiger partial charge in [0.15, 0.2) is 0 Å². The maximum absolute atomic E-state index is 10.7. The van der Waals surface area contributed by atoms with Crippen LogP contribution in [0.4, 0.5) is 5.69 Å². The Morgan fingerprint density at radius 1 is 1.35 bits per heavy atom. The topological polar surface area (TPSA) is 29.1 Å². The Hall–Kier alpha value is -1.31. The predicted octanol–water partition coefficient (Wildman–Crippen LogP) is 3.08. The molecule has 1 N–H and O–H groups in total. The molecule has 0 radical (unpaired) electrons. The Morgan fingerprint density at radius 3 is 2.76 bits per heavy atom. The van der Waals surface area contributed by atoms with Crippen molar-refractivity contribution in [2.75, 3.05) is 11.9 Å². The van der Waals surface area contributed by atoms with Crippen LogP contribution in [-0.4, -0.2) is 12.8 Å². The van der Waals surface area contributed by atoms with Gasteiger partial charge in [0.1, 0.15) is 6.29 Å². The van der Waals surface area contributed by atoms with E-state index in [4.69, 9.17) is 0 Å². The lowest BCUT2D eigenvalue weighted by molar-refractivity contribution is -0.107. The quantitative estimate of drug-likeness (QED) is 0.810. The van der Waals surface area contributed by atoms with Crippen molar-refractivity contribution < 1.29 is 4.79 Å². The minimum Gasteiger partial charge on any atom is -0.385 e. The van der Waals surface area contributed by atoms with Crippen molar-refractivity contribution in [1.82, 2.24) is 0 Å². The molecule has 1 aromatic carbocycles. The second-order valence-corrected chi connectivity index (χ2v) is 5.45. The minimum atomic E-state index is 0.240. The summed E-state index contributed by atoms with van der Waals surface area (Å²) in [5.41, 5.74) is 5.34. The molecular formula is C15H21NO. The third kappa shape index (κ3) is 2.21. The number of anilines is 1. The lowest BCUT2D eigenvalue weighted by atomic mass is 9.77. The van der Waals surface area contributed by atoms with Gasteiger partial charge in [-0.25, -0.2) is 0 Å². The van der Waals surface area contributed by atoms with E-state index in [1.807, 2.05) is 0 Å². The van der Waals surface area contributed by atoms with Gasteiger partial charge in [-0.2, -0.15) is 0 Å². The van der Waals surface area contributed by atoms with Crippen molar-refractivity contribution in [3.05, 3.63) is 28.8 Å². The van der Waals surface area contributed by atoms with Crippen LogP contribution in [0.25, 0.3) is 0 Å². The molecule has 0 aromatic heterocycles. The molecule has 17 heavy (non-hydrogen) atoms. The summed E-state index contributed by atoms with van der Waals surface area (Å²) in [6.07, 6.45) is 3.68. The summed E-state index contributed by atoms with van der Waals surface area (Å²) in [5.74, 6) is 0. The average molecular weight is 231 g/mol. The summed E-state index contributed by atoms with van der Waals surface area (Å²) < 4.78 is 0. The van der Waals surface area contributed by atoms with E-state index in [0.717, 1.165) is 25.7 Å². The summed E-state index contributed by atoms with van der Waals surface area (Å²) >= 11 is 0. The lowest BCUT2D eigenvalue weighted by Crippen LogP contribution is -2.28. The second kappa shape index (κ2) is 4.52. The van der Waals surface area contributed by atoms with Crippen molar-refractivity contribution in [2.24, 2.45) is 0 Å². The van der Waals surface area contributed by atoms with E-state index in [1.54, 1.807) is 0 Å². The molecule has 0 aliphatic carbocycles. The van der Waals surface area contributed by atoms with Crippen LogP contribution < -0.4 is 5.32 Å². The highest BCUT2D eigenvalue weighted by Gasteiger charge is 2.28. The van der Waals surface area contributed by atoms with Gasteiger partial charge in [-0.15, -0.1) is 0 Å². The summed E-state index contributed by atoms with van der Waals surface area (Å²) in [6.45, 7) is 7.77. The molecule has 2 rings (SSSR count). The van der Waals surface area contributed by atoms with Gasteiger partial charge in [-0.3, -0.25) is 0 Å². The van der Waals surface area contributed by atoms with Gasteiger partial charge in [-0.05, 0) is 41.0 Å². The van der Waals surface area contributed by atoms with Gasteiger partial charge in [0.2, 0.25) is 0 Å². The van der Waals surface area contributed by atoms with Gasteiger partial charge in [0.05, 0.1) is 0 Å². The Morgan fingerprint density at radius 2 is 2.12 bits per heavy atom. The highest BCUT2D eigenvalue weighted by atomic mass is 16.1. The van der Waals surface area contributed by atoms with Gasteiger partial charge < -0.3 is 10.1 Å². The zero-order valence-electron chi connectivity index (χ0n) is 11.0. The molecule has 2 heteroatoms. The van der Waals surface area contributed by atoms with E-state index in [-0.39, 0.29) is 5.41 Å². The summed E-state index contributed by atoms with van der Waals surface area (Å²) in [7, 11) is 0. The number of fused-ring (bicyclic) bond motifs is 1. The molecule has 0 bridgehead atoms. The van der Waals surface area contributed by atoms with Gasteiger partial charge >= 0.3 is 0 Å². The maximum Gasteiger partial charge on any atom is 0.124 e. The normalized spacial score (nSPS) is 17.1. The number of hydrogen-bond donors (Lipinski definition) is 1. The van der Waals surface area contributed by atoms with E-state index in [0.29, 0.717) is 6.42 Å². The Labute approximate surface area is 103 Å². The number of aldehydes is 1. The van der Waals surface area contributed by atoms with E-state index >= 15 is 0 Å². The first kappa shape index (κ1) is 12.2. The zero-order chi connectivity index (χ0) is 12.5. The zero-order valence-corrected chi connectivity index (χ0v) is 11.0. The Bertz CT molecular complexity index is 435. The predicted molar refractivity (Wildman–Crippen MR) is 71.7 cm³/mol. The molecule has 1 heterocycles. The van der Waals surface area contributed by atoms with Crippen LogP contribution in [0, 0.1) is 0 Å². The fourth-order valence-electron chi connectivity index (χ4n) is 2.65. The molecule has 0 unspecified atom stereocenters. The highest BCUT2D eigenvalue weighted by Crippen LogP contribution is 2.38. The van der Waals surface area contributed by atoms with Crippen LogP contribution in [0.1, 0.15) is 43.9 Å². The van der Waals surface area contributed by atoms with Crippen LogP contribution in [0.2, 0.25) is 0 Å². The second-order valence-electron chi connectivity index (χ2n) is 5.45. The maximum atomic E-state index is 10.7. The number of hydrogen-bond acceptors (Lipinski definition) is 2. The van der Waals surface area contributed by atoms with Crippen LogP contribution in [0.5, 0.6) is 0 Å². The third-order valence-corrected chi connectivity index (χ3v) is 3.82. The molecule has 0 saturated heterocycles. The summed E-state index contributed by atoms with van der Waals surface area (Å²) in [6, 6.07) is 4.46. The van der Waals surface area contributed by atoms with Crippen molar-refractivity contribution in [2.45, 2.75) is 45.4 Å². The van der Waals surface area contributed by atoms with Crippen molar-refractivity contribution in [3.63, 3.8) is 0 Å². The molecule has 0 fully saturated rings. The Balaban J connectivity index is 2.53. The highest BCUT2D eigenvalue weighted by molar-refractivity contribution is 5.64. The number of nitrogens with one attached hydrogen (secondary N) is 1. The first-order chi connectivity index (χ1) is 8.08. The molecular weight excluding hydrogens is 210 g/mol. The van der Waals surface area contributed by atoms with Crippen molar-refractivity contribution >= 4 is 12.0 Å². The molecule has 1 aliphatic rings. The lowest BCUT2D eigenvalue weighted by Gasteiger charge is -2.34. The average Bonchev–Trinajstić information content (AvgIpc) is 2.28. The molecule has 92 valence electrons. The van der Waals surface area contributed by atoms with E-state index in [2.05, 4.69) is 38.2 Å². The van der Waals surface area contributed by atoms with E-state index in [9.17, 15) is 4.79 Å². The molecule has 1 aromatic rings. The van der Waals surface area contributed by atoms with Crippen molar-refractivity contribution in [3.8, 4) is 0 Å². The molecule has 0 amide bonds. The molecule has 0 saturated carbocycles. The number of rotatable bonds is 3. The first-order valence-corrected chi connectivity index (χ1v) is 6.42. The number of benzene rings is 1. The molecule has 0 atom stereocenters. The standard InChI is InChI=1S/C15H21NO/c1-4-11-9-13-14(10-12(11)5-8-17)16-7-6-15(13,2)3/h8-10,16H,4-7H2,1-3H3. The van der Waals surface area contributed by atoms with Crippen LogP contribution in [0.15, 0.2) is 12.1 Å². The van der Waals surface area contributed by atoms with Gasteiger partial charge in [0.25, 0.3) is 0 Å². The number of carbonyl (C=O) groups is 1. The fraction of sp³-hybridized carbons (Fsp3) is 0.533. The van der Waals surface area contributed by atoms with Gasteiger partial charge in [0, 0.05) is 18.7 Å². The monoisotopic (exact) mass is 231 g/mol. The minimum absolute atomic E-state index is 0.240. The van der Waals surface area contributed by atoms with Crippen LogP contribution in [0.3, 0.4) is 0 Å². The number of aryl methyl sites for hydroxylation is 1. The van der Waals surface area contributed by atoms with E-state index in [1.165, 1.54) is 22.4 Å². The van der Waals surface area contributed by atoms with Crippen LogP contribution in [-0.2, 0) is 23.1 Å². The molecule has 2 nitrogen and oxygen atoms in total. The van der Waals surface area contributed by atoms with Crippen molar-refractivity contribution in [1.29, 1.82) is 0 Å². The fourth-order valence-corrected chi connectivity index (χ4v) is 2.65.